The van der Waals surface area contributed by atoms with Crippen molar-refractivity contribution in [2.45, 2.75) is 26.0 Å². The Kier molecular flexibility index (Phi) is 6.58. The number of carbonyl (C=O) groups excluding carboxylic acids is 2. The van der Waals surface area contributed by atoms with Gasteiger partial charge in [0.05, 0.1) is 0 Å². The summed E-state index contributed by atoms with van der Waals surface area (Å²) in [6, 6.07) is 2.93. The Labute approximate surface area is 136 Å². The van der Waals surface area contributed by atoms with Crippen molar-refractivity contribution in [3.8, 4) is 0 Å². The number of nitro groups is 1. The van der Waals surface area contributed by atoms with Gasteiger partial charge in [0.2, 0.25) is 6.10 Å². The molecule has 7 nitrogen and oxygen atoms in total. The first kappa shape index (κ1) is 18.2. The van der Waals surface area contributed by atoms with Crippen molar-refractivity contribution in [2.75, 3.05) is 6.61 Å². The van der Waals surface area contributed by atoms with Gasteiger partial charge >= 0.3 is 11.9 Å². The van der Waals surface area contributed by atoms with Gasteiger partial charge in [-0.2, -0.15) is 0 Å². The van der Waals surface area contributed by atoms with Crippen molar-refractivity contribution in [1.82, 2.24) is 0 Å². The summed E-state index contributed by atoms with van der Waals surface area (Å²) in [6.07, 6.45) is -1.38. The Morgan fingerprint density at radius 1 is 1.23 bits per heavy atom. The van der Waals surface area contributed by atoms with Gasteiger partial charge < -0.3 is 9.47 Å². The predicted molar refractivity (Wildman–Crippen MR) is 78.4 cm³/mol. The first-order chi connectivity index (χ1) is 10.2. The number of esters is 2. The van der Waals surface area contributed by atoms with Crippen LogP contribution in [0.2, 0.25) is 10.0 Å². The van der Waals surface area contributed by atoms with Crippen LogP contribution in [0.25, 0.3) is 0 Å². The van der Waals surface area contributed by atoms with Gasteiger partial charge in [-0.1, -0.05) is 29.3 Å². The number of rotatable bonds is 6. The summed E-state index contributed by atoms with van der Waals surface area (Å²) in [5, 5.41) is 11.5. The molecule has 2 unspecified atom stereocenters. The van der Waals surface area contributed by atoms with Gasteiger partial charge in [0.15, 0.2) is 6.61 Å². The fraction of sp³-hybridized carbons (Fsp3) is 0.385. The van der Waals surface area contributed by atoms with E-state index in [1.54, 1.807) is 6.07 Å². The topological polar surface area (TPSA) is 95.7 Å². The molecular formula is C13H13Cl2NO6. The van der Waals surface area contributed by atoms with Gasteiger partial charge in [0, 0.05) is 34.4 Å². The third-order valence-corrected chi connectivity index (χ3v) is 3.31. The molecule has 1 rings (SSSR count). The Morgan fingerprint density at radius 3 is 2.18 bits per heavy atom. The van der Waals surface area contributed by atoms with Crippen LogP contribution in [-0.2, 0) is 19.1 Å². The SMILES string of the molecule is CC(=O)OCC(C(OC(C)=O)c1c(Cl)cccc1Cl)[N+](=O)[O-]. The lowest BCUT2D eigenvalue weighted by Gasteiger charge is -2.22. The second-order valence-electron chi connectivity index (χ2n) is 4.32. The summed E-state index contributed by atoms with van der Waals surface area (Å²) in [5.41, 5.74) is 0.0925. The average Bonchev–Trinajstić information content (AvgIpc) is 2.36. The van der Waals surface area contributed by atoms with Crippen LogP contribution in [-0.4, -0.2) is 29.5 Å². The Morgan fingerprint density at radius 2 is 1.77 bits per heavy atom. The fourth-order valence-electron chi connectivity index (χ4n) is 1.75. The minimum atomic E-state index is -1.54. The lowest BCUT2D eigenvalue weighted by atomic mass is 10.0. The zero-order valence-corrected chi connectivity index (χ0v) is 13.3. The molecule has 0 bridgehead atoms. The van der Waals surface area contributed by atoms with E-state index >= 15 is 0 Å². The maximum absolute atomic E-state index is 11.3. The zero-order valence-electron chi connectivity index (χ0n) is 11.7. The maximum atomic E-state index is 11.3. The molecule has 120 valence electrons. The summed E-state index contributed by atoms with van der Waals surface area (Å²) >= 11 is 12.0. The number of hydrogen-bond acceptors (Lipinski definition) is 6. The highest BCUT2D eigenvalue weighted by atomic mass is 35.5. The number of carbonyl (C=O) groups is 2. The summed E-state index contributed by atoms with van der Waals surface area (Å²) in [6.45, 7) is 1.63. The molecule has 0 aromatic heterocycles. The van der Waals surface area contributed by atoms with E-state index in [1.165, 1.54) is 12.1 Å². The molecule has 2 atom stereocenters. The van der Waals surface area contributed by atoms with Crippen LogP contribution in [0.5, 0.6) is 0 Å². The molecule has 0 heterocycles. The van der Waals surface area contributed by atoms with Crippen LogP contribution >= 0.6 is 23.2 Å². The number of hydrogen-bond donors (Lipinski definition) is 0. The molecule has 1 aromatic rings. The van der Waals surface area contributed by atoms with E-state index in [9.17, 15) is 19.7 Å². The summed E-state index contributed by atoms with van der Waals surface area (Å²) in [5.74, 6) is -1.45. The lowest BCUT2D eigenvalue weighted by Crippen LogP contribution is -2.35. The van der Waals surface area contributed by atoms with Crippen LogP contribution in [0.15, 0.2) is 18.2 Å². The molecule has 0 saturated heterocycles. The van der Waals surface area contributed by atoms with E-state index in [1.807, 2.05) is 0 Å². The maximum Gasteiger partial charge on any atom is 0.303 e. The molecule has 0 N–H and O–H groups in total. The van der Waals surface area contributed by atoms with E-state index in [-0.39, 0.29) is 15.6 Å². The van der Waals surface area contributed by atoms with Crippen molar-refractivity contribution >= 4 is 35.1 Å². The van der Waals surface area contributed by atoms with Crippen LogP contribution in [0, 0.1) is 10.1 Å². The zero-order chi connectivity index (χ0) is 16.9. The first-order valence-electron chi connectivity index (χ1n) is 6.12. The molecule has 0 saturated carbocycles. The molecule has 0 aliphatic rings. The predicted octanol–water partition coefficient (Wildman–Crippen LogP) is 2.81. The molecule has 0 amide bonds. The van der Waals surface area contributed by atoms with E-state index < -0.39 is 35.6 Å². The third kappa shape index (κ3) is 4.85. The van der Waals surface area contributed by atoms with Gasteiger partial charge in [-0.05, 0) is 12.1 Å². The first-order valence-corrected chi connectivity index (χ1v) is 6.87. The smallest absolute Gasteiger partial charge is 0.303 e. The minimum absolute atomic E-state index is 0.0925. The van der Waals surface area contributed by atoms with Gasteiger partial charge in [-0.25, -0.2) is 0 Å². The molecule has 0 aliphatic carbocycles. The molecular weight excluding hydrogens is 337 g/mol. The Hall–Kier alpha value is -1.86. The van der Waals surface area contributed by atoms with E-state index in [0.29, 0.717) is 0 Å². The molecule has 1 aromatic carbocycles. The van der Waals surface area contributed by atoms with Crippen LogP contribution < -0.4 is 0 Å². The van der Waals surface area contributed by atoms with Crippen LogP contribution in [0.4, 0.5) is 0 Å². The molecule has 0 radical (unpaired) electrons. The summed E-state index contributed by atoms with van der Waals surface area (Å²) < 4.78 is 9.68. The van der Waals surface area contributed by atoms with E-state index in [0.717, 1.165) is 13.8 Å². The molecule has 0 aliphatic heterocycles. The van der Waals surface area contributed by atoms with Crippen LogP contribution in [0.1, 0.15) is 25.5 Å². The van der Waals surface area contributed by atoms with Gasteiger partial charge in [-0.3, -0.25) is 19.7 Å². The highest BCUT2D eigenvalue weighted by Gasteiger charge is 2.39. The van der Waals surface area contributed by atoms with Crippen molar-refractivity contribution in [3.05, 3.63) is 43.9 Å². The number of halogens is 2. The second-order valence-corrected chi connectivity index (χ2v) is 5.14. The van der Waals surface area contributed by atoms with Crippen molar-refractivity contribution in [3.63, 3.8) is 0 Å². The quantitative estimate of drug-likeness (QED) is 0.445. The molecule has 22 heavy (non-hydrogen) atoms. The van der Waals surface area contributed by atoms with E-state index in [2.05, 4.69) is 4.74 Å². The number of ether oxygens (including phenoxy) is 2. The lowest BCUT2D eigenvalue weighted by molar-refractivity contribution is -0.538. The van der Waals surface area contributed by atoms with Gasteiger partial charge in [0.25, 0.3) is 6.04 Å². The average molecular weight is 350 g/mol. The summed E-state index contributed by atoms with van der Waals surface area (Å²) in [7, 11) is 0. The number of benzene rings is 1. The highest BCUT2D eigenvalue weighted by molar-refractivity contribution is 6.36. The van der Waals surface area contributed by atoms with Crippen molar-refractivity contribution in [2.24, 2.45) is 0 Å². The van der Waals surface area contributed by atoms with Gasteiger partial charge in [-0.15, -0.1) is 0 Å². The highest BCUT2D eigenvalue weighted by Crippen LogP contribution is 2.35. The summed E-state index contributed by atoms with van der Waals surface area (Å²) in [4.78, 5) is 32.7. The van der Waals surface area contributed by atoms with Crippen molar-refractivity contribution < 1.29 is 24.0 Å². The molecule has 0 spiro atoms. The molecule has 9 heteroatoms. The monoisotopic (exact) mass is 349 g/mol. The van der Waals surface area contributed by atoms with E-state index in [4.69, 9.17) is 27.9 Å². The van der Waals surface area contributed by atoms with Crippen molar-refractivity contribution in [1.29, 1.82) is 0 Å². The normalized spacial score (nSPS) is 13.1. The third-order valence-electron chi connectivity index (χ3n) is 2.65. The second kappa shape index (κ2) is 7.95. The standard InChI is InChI=1S/C13H13Cl2NO6/c1-7(17)21-6-11(16(19)20)13(22-8(2)18)12-9(14)4-3-5-10(12)15/h3-5,11,13H,6H2,1-2H3. The Balaban J connectivity index is 3.27. The molecule has 0 fully saturated rings. The number of nitrogens with zero attached hydrogens (tertiary/aromatic N) is 1. The largest absolute Gasteiger partial charge is 0.458 e. The van der Waals surface area contributed by atoms with Crippen LogP contribution in [0.3, 0.4) is 0 Å². The fourth-order valence-corrected chi connectivity index (χ4v) is 2.37. The minimum Gasteiger partial charge on any atom is -0.458 e. The Bertz CT molecular complexity index is 572. The van der Waals surface area contributed by atoms with Gasteiger partial charge in [0.1, 0.15) is 0 Å².